The van der Waals surface area contributed by atoms with Gasteiger partial charge in [0, 0.05) is 9.86 Å². The molecular formula is C9H6BrClN2. The molecule has 2 aromatic rings. The van der Waals surface area contributed by atoms with Crippen LogP contribution in [0.3, 0.4) is 0 Å². The molecule has 0 fully saturated rings. The summed E-state index contributed by atoms with van der Waals surface area (Å²) in [5.41, 5.74) is 7.02. The summed E-state index contributed by atoms with van der Waals surface area (Å²) in [5, 5.41) is 1.57. The summed E-state index contributed by atoms with van der Waals surface area (Å²) in [6.07, 6.45) is 1.60. The molecule has 0 amide bonds. The Hall–Kier alpha value is -0.800. The average Bonchev–Trinajstić information content (AvgIpc) is 2.12. The zero-order valence-corrected chi connectivity index (χ0v) is 8.93. The third kappa shape index (κ3) is 1.49. The van der Waals surface area contributed by atoms with Crippen LogP contribution in [0.1, 0.15) is 0 Å². The molecular weight excluding hydrogens is 251 g/mol. The van der Waals surface area contributed by atoms with Crippen LogP contribution in [-0.2, 0) is 0 Å². The number of halogens is 2. The fourth-order valence-electron chi connectivity index (χ4n) is 1.17. The van der Waals surface area contributed by atoms with E-state index in [4.69, 9.17) is 17.3 Å². The molecule has 0 aliphatic heterocycles. The predicted octanol–water partition coefficient (Wildman–Crippen LogP) is 3.23. The molecule has 2 rings (SSSR count). The third-order valence-electron chi connectivity index (χ3n) is 1.77. The highest BCUT2D eigenvalue weighted by molar-refractivity contribution is 9.10. The van der Waals surface area contributed by atoms with E-state index in [1.807, 2.05) is 12.1 Å². The predicted molar refractivity (Wildman–Crippen MR) is 58.9 cm³/mol. The van der Waals surface area contributed by atoms with Gasteiger partial charge in [0.2, 0.25) is 0 Å². The first-order valence-electron chi connectivity index (χ1n) is 3.68. The number of nitrogen functional groups attached to an aromatic ring is 1. The maximum Gasteiger partial charge on any atom is 0.0901 e. The zero-order valence-electron chi connectivity index (χ0n) is 6.59. The second-order valence-corrected chi connectivity index (χ2v) is 3.96. The van der Waals surface area contributed by atoms with E-state index in [0.29, 0.717) is 10.7 Å². The zero-order chi connectivity index (χ0) is 9.42. The minimum Gasteiger partial charge on any atom is -0.397 e. The number of anilines is 1. The highest BCUT2D eigenvalue weighted by atomic mass is 79.9. The van der Waals surface area contributed by atoms with Gasteiger partial charge in [-0.3, -0.25) is 4.98 Å². The molecule has 0 aliphatic carbocycles. The van der Waals surface area contributed by atoms with E-state index in [1.165, 1.54) is 0 Å². The molecule has 2 nitrogen and oxygen atoms in total. The van der Waals surface area contributed by atoms with Crippen LogP contribution in [-0.4, -0.2) is 4.98 Å². The maximum atomic E-state index is 5.96. The summed E-state index contributed by atoms with van der Waals surface area (Å²) in [6, 6.07) is 5.53. The van der Waals surface area contributed by atoms with Crippen molar-refractivity contribution in [1.29, 1.82) is 0 Å². The minimum absolute atomic E-state index is 0.635. The van der Waals surface area contributed by atoms with Crippen molar-refractivity contribution in [2.75, 3.05) is 5.73 Å². The molecule has 66 valence electrons. The van der Waals surface area contributed by atoms with Gasteiger partial charge in [-0.2, -0.15) is 0 Å². The fourth-order valence-corrected chi connectivity index (χ4v) is 1.82. The number of fused-ring (bicyclic) bond motifs is 1. The Morgan fingerprint density at radius 3 is 2.92 bits per heavy atom. The van der Waals surface area contributed by atoms with Crippen LogP contribution in [0.25, 0.3) is 10.9 Å². The molecule has 13 heavy (non-hydrogen) atoms. The monoisotopic (exact) mass is 256 g/mol. The molecule has 1 aromatic heterocycles. The van der Waals surface area contributed by atoms with Crippen LogP contribution in [0.4, 0.5) is 5.69 Å². The van der Waals surface area contributed by atoms with Gasteiger partial charge in [0.15, 0.2) is 0 Å². The minimum atomic E-state index is 0.635. The van der Waals surface area contributed by atoms with E-state index in [9.17, 15) is 0 Å². The summed E-state index contributed by atoms with van der Waals surface area (Å²) in [4.78, 5) is 4.15. The summed E-state index contributed by atoms with van der Waals surface area (Å²) in [5.74, 6) is 0. The first-order chi connectivity index (χ1) is 6.18. The molecule has 0 spiro atoms. The van der Waals surface area contributed by atoms with Crippen LogP contribution in [0.2, 0.25) is 5.02 Å². The van der Waals surface area contributed by atoms with Gasteiger partial charge in [0.1, 0.15) is 0 Å². The van der Waals surface area contributed by atoms with Crippen LogP contribution in [0.15, 0.2) is 28.9 Å². The lowest BCUT2D eigenvalue weighted by molar-refractivity contribution is 1.41. The quantitative estimate of drug-likeness (QED) is 0.787. The number of nitrogens with two attached hydrogens (primary N) is 1. The number of aromatic nitrogens is 1. The summed E-state index contributed by atoms with van der Waals surface area (Å²) < 4.78 is 0.951. The molecule has 0 saturated carbocycles. The molecule has 4 heteroatoms. The fraction of sp³-hybridized carbons (Fsp3) is 0. The Kier molecular flexibility index (Phi) is 2.14. The number of pyridine rings is 1. The summed E-state index contributed by atoms with van der Waals surface area (Å²) in [7, 11) is 0. The van der Waals surface area contributed by atoms with Crippen molar-refractivity contribution in [1.82, 2.24) is 4.98 Å². The van der Waals surface area contributed by atoms with E-state index in [1.54, 1.807) is 12.3 Å². The Morgan fingerprint density at radius 2 is 2.15 bits per heavy atom. The third-order valence-corrected chi connectivity index (χ3v) is 2.76. The molecule has 0 unspecified atom stereocenters. The van der Waals surface area contributed by atoms with Crippen LogP contribution < -0.4 is 5.73 Å². The Bertz CT molecular complexity index is 470. The molecule has 0 bridgehead atoms. The van der Waals surface area contributed by atoms with Gasteiger partial charge in [-0.15, -0.1) is 0 Å². The first-order valence-corrected chi connectivity index (χ1v) is 4.85. The van der Waals surface area contributed by atoms with Crippen molar-refractivity contribution in [3.63, 3.8) is 0 Å². The molecule has 1 heterocycles. The average molecular weight is 258 g/mol. The van der Waals surface area contributed by atoms with Crippen LogP contribution in [0, 0.1) is 0 Å². The van der Waals surface area contributed by atoms with E-state index in [0.717, 1.165) is 15.4 Å². The van der Waals surface area contributed by atoms with Crippen molar-refractivity contribution < 1.29 is 0 Å². The summed E-state index contributed by atoms with van der Waals surface area (Å²) in [6.45, 7) is 0. The number of hydrogen-bond donors (Lipinski definition) is 1. The number of hydrogen-bond acceptors (Lipinski definition) is 2. The Labute approximate surface area is 88.8 Å². The Morgan fingerprint density at radius 1 is 1.38 bits per heavy atom. The Balaban J connectivity index is 2.92. The SMILES string of the molecule is Nc1cnc2c(Cl)ccc(Br)c2c1. The molecule has 0 aliphatic rings. The molecule has 0 saturated heterocycles. The summed E-state index contributed by atoms with van der Waals surface area (Å²) >= 11 is 9.37. The normalized spacial score (nSPS) is 10.6. The maximum absolute atomic E-state index is 5.96. The van der Waals surface area contributed by atoms with E-state index in [-0.39, 0.29) is 0 Å². The molecule has 2 N–H and O–H groups in total. The lowest BCUT2D eigenvalue weighted by Gasteiger charge is -2.02. The van der Waals surface area contributed by atoms with Crippen LogP contribution >= 0.6 is 27.5 Å². The number of nitrogens with zero attached hydrogens (tertiary/aromatic N) is 1. The van der Waals surface area contributed by atoms with Gasteiger partial charge in [0.05, 0.1) is 22.4 Å². The second-order valence-electron chi connectivity index (χ2n) is 2.69. The standard InChI is InChI=1S/C9H6BrClN2/c10-7-1-2-8(11)9-6(7)3-5(12)4-13-9/h1-4H,12H2. The first kappa shape index (κ1) is 8.78. The largest absolute Gasteiger partial charge is 0.397 e. The lowest BCUT2D eigenvalue weighted by atomic mass is 10.2. The van der Waals surface area contributed by atoms with Gasteiger partial charge in [-0.05, 0) is 18.2 Å². The van der Waals surface area contributed by atoms with E-state index in [2.05, 4.69) is 20.9 Å². The van der Waals surface area contributed by atoms with Gasteiger partial charge in [-0.25, -0.2) is 0 Å². The van der Waals surface area contributed by atoms with Gasteiger partial charge in [0.25, 0.3) is 0 Å². The smallest absolute Gasteiger partial charge is 0.0901 e. The van der Waals surface area contributed by atoms with Crippen molar-refractivity contribution in [2.24, 2.45) is 0 Å². The highest BCUT2D eigenvalue weighted by Gasteiger charge is 2.03. The lowest BCUT2D eigenvalue weighted by Crippen LogP contribution is -1.88. The number of rotatable bonds is 0. The van der Waals surface area contributed by atoms with Crippen molar-refractivity contribution in [3.05, 3.63) is 33.9 Å². The van der Waals surface area contributed by atoms with Crippen molar-refractivity contribution >= 4 is 44.1 Å². The molecule has 0 radical (unpaired) electrons. The van der Waals surface area contributed by atoms with Crippen LogP contribution in [0.5, 0.6) is 0 Å². The van der Waals surface area contributed by atoms with Crippen molar-refractivity contribution in [2.45, 2.75) is 0 Å². The topological polar surface area (TPSA) is 38.9 Å². The molecule has 1 aromatic carbocycles. The molecule has 0 atom stereocenters. The second kappa shape index (κ2) is 3.16. The van der Waals surface area contributed by atoms with Gasteiger partial charge >= 0.3 is 0 Å². The highest BCUT2D eigenvalue weighted by Crippen LogP contribution is 2.29. The van der Waals surface area contributed by atoms with Gasteiger partial charge in [-0.1, -0.05) is 27.5 Å². The van der Waals surface area contributed by atoms with Crippen molar-refractivity contribution in [3.8, 4) is 0 Å². The van der Waals surface area contributed by atoms with Gasteiger partial charge < -0.3 is 5.73 Å². The number of benzene rings is 1. The van der Waals surface area contributed by atoms with E-state index >= 15 is 0 Å². The van der Waals surface area contributed by atoms with E-state index < -0.39 is 0 Å².